The molecule has 1 aliphatic carbocycles. The molecule has 0 saturated carbocycles. The molecule has 0 aliphatic heterocycles. The van der Waals surface area contributed by atoms with Crippen LogP contribution in [0.3, 0.4) is 0 Å². The van der Waals surface area contributed by atoms with Gasteiger partial charge >= 0.3 is 0 Å². The number of carbonyl (C=O) groups is 2. The molecule has 0 fully saturated rings. The second-order valence-corrected chi connectivity index (χ2v) is 7.62. The molecular weight excluding hydrogens is 372 g/mol. The largest absolute Gasteiger partial charge is 0.353 e. The third-order valence-corrected chi connectivity index (χ3v) is 5.81. The van der Waals surface area contributed by atoms with Crippen molar-refractivity contribution in [3.63, 3.8) is 0 Å². The van der Waals surface area contributed by atoms with Crippen LogP contribution in [-0.4, -0.2) is 24.9 Å². The Balaban J connectivity index is 1.52. The SMILES string of the molecule is CCCC1(C(=O)NCCNC(=O)c2ccccc2)c2ccccc2-c2ccccc21. The molecule has 30 heavy (non-hydrogen) atoms. The average Bonchev–Trinajstić information content (AvgIpc) is 3.08. The van der Waals surface area contributed by atoms with Crippen LogP contribution in [0.1, 0.15) is 41.3 Å². The van der Waals surface area contributed by atoms with Crippen molar-refractivity contribution >= 4 is 11.8 Å². The second-order valence-electron chi connectivity index (χ2n) is 7.62. The van der Waals surface area contributed by atoms with Gasteiger partial charge in [0.15, 0.2) is 0 Å². The molecule has 0 spiro atoms. The third-order valence-electron chi connectivity index (χ3n) is 5.81. The summed E-state index contributed by atoms with van der Waals surface area (Å²) in [6.07, 6.45) is 1.63. The molecule has 3 aromatic rings. The Hall–Kier alpha value is -3.40. The van der Waals surface area contributed by atoms with Gasteiger partial charge in [-0.15, -0.1) is 0 Å². The summed E-state index contributed by atoms with van der Waals surface area (Å²) in [7, 11) is 0. The van der Waals surface area contributed by atoms with E-state index in [4.69, 9.17) is 0 Å². The lowest BCUT2D eigenvalue weighted by Crippen LogP contribution is -2.46. The summed E-state index contributed by atoms with van der Waals surface area (Å²) in [5.41, 5.74) is 4.33. The molecule has 0 aromatic heterocycles. The minimum Gasteiger partial charge on any atom is -0.353 e. The molecule has 0 bridgehead atoms. The summed E-state index contributed by atoms with van der Waals surface area (Å²) in [6, 6.07) is 25.5. The smallest absolute Gasteiger partial charge is 0.251 e. The van der Waals surface area contributed by atoms with E-state index in [0.717, 1.165) is 35.1 Å². The first-order valence-corrected chi connectivity index (χ1v) is 10.5. The van der Waals surface area contributed by atoms with Crippen LogP contribution in [-0.2, 0) is 10.2 Å². The van der Waals surface area contributed by atoms with Crippen LogP contribution in [0.2, 0.25) is 0 Å². The van der Waals surface area contributed by atoms with Crippen molar-refractivity contribution < 1.29 is 9.59 Å². The number of hydrogen-bond donors (Lipinski definition) is 2. The minimum absolute atomic E-state index is 0.00397. The van der Waals surface area contributed by atoms with Crippen LogP contribution in [0.15, 0.2) is 78.9 Å². The van der Waals surface area contributed by atoms with E-state index in [1.54, 1.807) is 12.1 Å². The topological polar surface area (TPSA) is 58.2 Å². The van der Waals surface area contributed by atoms with Crippen molar-refractivity contribution in [1.82, 2.24) is 10.6 Å². The molecule has 0 unspecified atom stereocenters. The zero-order chi connectivity index (χ0) is 21.0. The monoisotopic (exact) mass is 398 g/mol. The summed E-state index contributed by atoms with van der Waals surface area (Å²) < 4.78 is 0. The lowest BCUT2D eigenvalue weighted by atomic mass is 9.74. The fourth-order valence-corrected chi connectivity index (χ4v) is 4.52. The Labute approximate surface area is 177 Å². The maximum atomic E-state index is 13.6. The van der Waals surface area contributed by atoms with Crippen molar-refractivity contribution in [2.24, 2.45) is 0 Å². The summed E-state index contributed by atoms with van der Waals surface area (Å²) in [4.78, 5) is 25.8. The normalized spacial score (nSPS) is 13.2. The molecule has 152 valence electrons. The zero-order valence-electron chi connectivity index (χ0n) is 17.2. The van der Waals surface area contributed by atoms with E-state index in [1.807, 2.05) is 42.5 Å². The number of hydrogen-bond acceptors (Lipinski definition) is 2. The van der Waals surface area contributed by atoms with E-state index in [2.05, 4.69) is 41.8 Å². The minimum atomic E-state index is -0.689. The van der Waals surface area contributed by atoms with Crippen LogP contribution in [0.4, 0.5) is 0 Å². The molecule has 4 heteroatoms. The van der Waals surface area contributed by atoms with Crippen molar-refractivity contribution in [1.29, 1.82) is 0 Å². The van der Waals surface area contributed by atoms with Gasteiger partial charge in [-0.05, 0) is 40.8 Å². The van der Waals surface area contributed by atoms with Gasteiger partial charge in [-0.2, -0.15) is 0 Å². The predicted molar refractivity (Wildman–Crippen MR) is 119 cm³/mol. The van der Waals surface area contributed by atoms with Gasteiger partial charge in [-0.1, -0.05) is 80.1 Å². The van der Waals surface area contributed by atoms with Gasteiger partial charge in [0.1, 0.15) is 5.41 Å². The number of fused-ring (bicyclic) bond motifs is 3. The van der Waals surface area contributed by atoms with Gasteiger partial charge in [0.25, 0.3) is 5.91 Å². The Kier molecular flexibility index (Phi) is 5.66. The first kappa shape index (κ1) is 19.9. The predicted octanol–water partition coefficient (Wildman–Crippen LogP) is 4.30. The van der Waals surface area contributed by atoms with E-state index in [-0.39, 0.29) is 11.8 Å². The first-order valence-electron chi connectivity index (χ1n) is 10.5. The molecule has 4 nitrogen and oxygen atoms in total. The summed E-state index contributed by atoms with van der Waals surface area (Å²) >= 11 is 0. The van der Waals surface area contributed by atoms with Crippen molar-refractivity contribution in [2.45, 2.75) is 25.2 Å². The fourth-order valence-electron chi connectivity index (χ4n) is 4.52. The van der Waals surface area contributed by atoms with Crippen LogP contribution >= 0.6 is 0 Å². The highest BCUT2D eigenvalue weighted by atomic mass is 16.2. The van der Waals surface area contributed by atoms with Gasteiger partial charge < -0.3 is 10.6 Å². The quantitative estimate of drug-likeness (QED) is 0.583. The highest BCUT2D eigenvalue weighted by Gasteiger charge is 2.47. The van der Waals surface area contributed by atoms with Gasteiger partial charge in [0, 0.05) is 18.7 Å². The fraction of sp³-hybridized carbons (Fsp3) is 0.231. The van der Waals surface area contributed by atoms with Crippen LogP contribution in [0.25, 0.3) is 11.1 Å². The molecular formula is C26H26N2O2. The number of rotatable bonds is 7. The van der Waals surface area contributed by atoms with E-state index >= 15 is 0 Å². The van der Waals surface area contributed by atoms with Crippen molar-refractivity contribution in [3.05, 3.63) is 95.6 Å². The maximum absolute atomic E-state index is 13.6. The van der Waals surface area contributed by atoms with E-state index in [0.29, 0.717) is 18.7 Å². The van der Waals surface area contributed by atoms with Crippen LogP contribution in [0, 0.1) is 0 Å². The lowest BCUT2D eigenvalue weighted by Gasteiger charge is -2.30. The Morgan fingerprint density at radius 1 is 0.733 bits per heavy atom. The van der Waals surface area contributed by atoms with Crippen molar-refractivity contribution in [2.75, 3.05) is 13.1 Å². The van der Waals surface area contributed by atoms with Crippen LogP contribution < -0.4 is 10.6 Å². The Bertz CT molecular complexity index is 1010. The van der Waals surface area contributed by atoms with Crippen LogP contribution in [0.5, 0.6) is 0 Å². The summed E-state index contributed by atoms with van der Waals surface area (Å²) in [5.74, 6) is -0.139. The molecule has 1 aliphatic rings. The molecule has 4 rings (SSSR count). The first-order chi connectivity index (χ1) is 14.7. The van der Waals surface area contributed by atoms with Gasteiger partial charge in [0.05, 0.1) is 0 Å². The molecule has 0 atom stereocenters. The number of benzene rings is 3. The average molecular weight is 399 g/mol. The van der Waals surface area contributed by atoms with E-state index in [1.165, 1.54) is 0 Å². The number of amides is 2. The Morgan fingerprint density at radius 3 is 1.87 bits per heavy atom. The summed E-state index contributed by atoms with van der Waals surface area (Å²) in [6.45, 7) is 2.87. The molecule has 2 amide bonds. The zero-order valence-corrected chi connectivity index (χ0v) is 17.2. The molecule has 0 saturated heterocycles. The Morgan fingerprint density at radius 2 is 1.27 bits per heavy atom. The number of carbonyl (C=O) groups excluding carboxylic acids is 2. The van der Waals surface area contributed by atoms with E-state index < -0.39 is 5.41 Å². The molecule has 0 radical (unpaired) electrons. The van der Waals surface area contributed by atoms with E-state index in [9.17, 15) is 9.59 Å². The molecule has 3 aromatic carbocycles. The van der Waals surface area contributed by atoms with Gasteiger partial charge in [0.2, 0.25) is 5.91 Å². The highest BCUT2D eigenvalue weighted by Crippen LogP contribution is 2.51. The third kappa shape index (κ3) is 3.39. The van der Waals surface area contributed by atoms with Gasteiger partial charge in [-0.3, -0.25) is 9.59 Å². The standard InChI is InChI=1S/C26H26N2O2/c1-2-16-26(22-14-8-6-12-20(22)21-13-7-9-15-23(21)26)25(30)28-18-17-27-24(29)19-10-4-3-5-11-19/h3-15H,2,16-18H2,1H3,(H,27,29)(H,28,30). The summed E-state index contributed by atoms with van der Waals surface area (Å²) in [5, 5.41) is 5.96. The number of nitrogens with one attached hydrogen (secondary N) is 2. The maximum Gasteiger partial charge on any atom is 0.251 e. The molecule has 2 N–H and O–H groups in total. The lowest BCUT2D eigenvalue weighted by molar-refractivity contribution is -0.125. The highest BCUT2D eigenvalue weighted by molar-refractivity contribution is 6.00. The van der Waals surface area contributed by atoms with Gasteiger partial charge in [-0.25, -0.2) is 0 Å². The molecule has 0 heterocycles. The van der Waals surface area contributed by atoms with Crippen molar-refractivity contribution in [3.8, 4) is 11.1 Å². The second kappa shape index (κ2) is 8.54.